The fourth-order valence-electron chi connectivity index (χ4n) is 3.74. The average molecular weight is 392 g/mol. The molecule has 2 fully saturated rings. The Kier molecular flexibility index (Phi) is 7.04. The Labute approximate surface area is 167 Å². The standard InChI is InChI=1S/C20H30N4O2S/c1-15-5-3-6-16(2)19(15)22-18(25)14-23-8-10-24(11-9-23)20(27)21-13-17-7-4-12-26-17/h3,5-6,17H,4,7-14H2,1-2H3,(H,21,27)(H,22,25)/p+1/t17-/m0/s1. The summed E-state index contributed by atoms with van der Waals surface area (Å²) in [7, 11) is 0. The van der Waals surface area contributed by atoms with Gasteiger partial charge in [0.15, 0.2) is 11.7 Å². The van der Waals surface area contributed by atoms with Gasteiger partial charge in [-0.2, -0.15) is 0 Å². The van der Waals surface area contributed by atoms with Crippen LogP contribution in [0.2, 0.25) is 0 Å². The smallest absolute Gasteiger partial charge is 0.279 e. The van der Waals surface area contributed by atoms with Crippen LogP contribution in [0.25, 0.3) is 0 Å². The highest BCUT2D eigenvalue weighted by Crippen LogP contribution is 2.18. The van der Waals surface area contributed by atoms with E-state index < -0.39 is 0 Å². The van der Waals surface area contributed by atoms with Crippen LogP contribution in [0.3, 0.4) is 0 Å². The van der Waals surface area contributed by atoms with Gasteiger partial charge in [0.05, 0.1) is 32.3 Å². The summed E-state index contributed by atoms with van der Waals surface area (Å²) >= 11 is 5.52. The molecule has 7 heteroatoms. The van der Waals surface area contributed by atoms with Gasteiger partial charge in [-0.3, -0.25) is 4.79 Å². The summed E-state index contributed by atoms with van der Waals surface area (Å²) in [6.45, 7) is 9.81. The van der Waals surface area contributed by atoms with Gasteiger partial charge in [-0.15, -0.1) is 0 Å². The maximum atomic E-state index is 12.5. The Morgan fingerprint density at radius 3 is 2.63 bits per heavy atom. The molecule has 148 valence electrons. The predicted molar refractivity (Wildman–Crippen MR) is 111 cm³/mol. The number of carbonyl (C=O) groups is 1. The lowest BCUT2D eigenvalue weighted by atomic mass is 10.1. The molecule has 0 spiro atoms. The van der Waals surface area contributed by atoms with Crippen molar-refractivity contribution in [1.29, 1.82) is 0 Å². The Hall–Kier alpha value is -1.70. The molecule has 0 aliphatic carbocycles. The van der Waals surface area contributed by atoms with Gasteiger partial charge in [-0.05, 0) is 50.0 Å². The number of thiocarbonyl (C=S) groups is 1. The van der Waals surface area contributed by atoms with E-state index in [0.29, 0.717) is 12.6 Å². The lowest BCUT2D eigenvalue weighted by Gasteiger charge is -2.33. The first-order valence-electron chi connectivity index (χ1n) is 9.87. The second-order valence-corrected chi connectivity index (χ2v) is 7.94. The molecule has 0 bridgehead atoms. The molecular weight excluding hydrogens is 360 g/mol. The van der Waals surface area contributed by atoms with Gasteiger partial charge >= 0.3 is 0 Å². The van der Waals surface area contributed by atoms with Crippen LogP contribution in [0.1, 0.15) is 24.0 Å². The van der Waals surface area contributed by atoms with E-state index in [1.165, 1.54) is 4.90 Å². The number of benzene rings is 1. The number of ether oxygens (including phenoxy) is 1. The maximum Gasteiger partial charge on any atom is 0.279 e. The van der Waals surface area contributed by atoms with Crippen molar-refractivity contribution < 1.29 is 14.4 Å². The molecule has 2 aliphatic heterocycles. The normalized spacial score (nSPS) is 20.5. The molecule has 2 saturated heterocycles. The molecular formula is C20H31N4O2S+. The van der Waals surface area contributed by atoms with Crippen LogP contribution in [-0.4, -0.2) is 67.9 Å². The number of carbonyl (C=O) groups excluding carboxylic acids is 1. The third-order valence-corrected chi connectivity index (χ3v) is 5.82. The van der Waals surface area contributed by atoms with Crippen molar-refractivity contribution in [3.8, 4) is 0 Å². The molecule has 2 aliphatic rings. The van der Waals surface area contributed by atoms with Gasteiger partial charge in [0, 0.05) is 18.8 Å². The molecule has 0 unspecified atom stereocenters. The molecule has 1 aromatic rings. The summed E-state index contributed by atoms with van der Waals surface area (Å²) in [5.41, 5.74) is 3.15. The second-order valence-electron chi connectivity index (χ2n) is 7.55. The minimum absolute atomic E-state index is 0.0786. The Bertz CT molecular complexity index is 648. The number of aryl methyl sites for hydroxylation is 2. The van der Waals surface area contributed by atoms with Crippen LogP contribution >= 0.6 is 12.2 Å². The van der Waals surface area contributed by atoms with Crippen LogP contribution in [0, 0.1) is 13.8 Å². The fourth-order valence-corrected chi connectivity index (χ4v) is 4.01. The first-order chi connectivity index (χ1) is 13.0. The van der Waals surface area contributed by atoms with Crippen molar-refractivity contribution in [2.24, 2.45) is 0 Å². The van der Waals surface area contributed by atoms with Crippen molar-refractivity contribution in [2.45, 2.75) is 32.8 Å². The Balaban J connectivity index is 1.39. The third-order valence-electron chi connectivity index (χ3n) is 5.42. The topological polar surface area (TPSA) is 58.0 Å². The Morgan fingerprint density at radius 1 is 1.30 bits per heavy atom. The van der Waals surface area contributed by atoms with Crippen LogP contribution in [-0.2, 0) is 9.53 Å². The minimum Gasteiger partial charge on any atom is -0.376 e. The number of amides is 1. The summed E-state index contributed by atoms with van der Waals surface area (Å²) in [6, 6.07) is 6.07. The van der Waals surface area contributed by atoms with E-state index in [1.807, 2.05) is 32.0 Å². The molecule has 6 nitrogen and oxygen atoms in total. The van der Waals surface area contributed by atoms with Gasteiger partial charge in [-0.25, -0.2) is 0 Å². The number of para-hydroxylation sites is 1. The lowest BCUT2D eigenvalue weighted by molar-refractivity contribution is -0.895. The lowest BCUT2D eigenvalue weighted by Crippen LogP contribution is -3.15. The van der Waals surface area contributed by atoms with Gasteiger partial charge < -0.3 is 25.2 Å². The van der Waals surface area contributed by atoms with Crippen LogP contribution in [0.15, 0.2) is 18.2 Å². The highest BCUT2D eigenvalue weighted by molar-refractivity contribution is 7.80. The number of hydrogen-bond acceptors (Lipinski definition) is 3. The highest BCUT2D eigenvalue weighted by atomic mass is 32.1. The molecule has 0 saturated carbocycles. The summed E-state index contributed by atoms with van der Waals surface area (Å²) in [5, 5.41) is 7.23. The molecule has 1 aromatic carbocycles. The Morgan fingerprint density at radius 2 is 2.00 bits per heavy atom. The average Bonchev–Trinajstić information content (AvgIpc) is 3.17. The minimum atomic E-state index is 0.0786. The number of rotatable bonds is 5. The van der Waals surface area contributed by atoms with Crippen LogP contribution in [0.4, 0.5) is 5.69 Å². The van der Waals surface area contributed by atoms with E-state index in [0.717, 1.165) is 74.1 Å². The van der Waals surface area contributed by atoms with Gasteiger partial charge in [0.1, 0.15) is 0 Å². The summed E-state index contributed by atoms with van der Waals surface area (Å²) in [5.74, 6) is 0.0786. The molecule has 3 rings (SSSR count). The third kappa shape index (κ3) is 5.64. The number of nitrogens with zero attached hydrogens (tertiary/aromatic N) is 1. The predicted octanol–water partition coefficient (Wildman–Crippen LogP) is 0.496. The second kappa shape index (κ2) is 9.48. The van der Waals surface area contributed by atoms with Crippen molar-refractivity contribution in [3.05, 3.63) is 29.3 Å². The van der Waals surface area contributed by atoms with Gasteiger partial charge in [0.2, 0.25) is 0 Å². The number of piperazine rings is 1. The van der Waals surface area contributed by atoms with Crippen LogP contribution < -0.4 is 15.5 Å². The zero-order valence-electron chi connectivity index (χ0n) is 16.3. The van der Waals surface area contributed by atoms with Crippen molar-refractivity contribution >= 4 is 28.9 Å². The first-order valence-corrected chi connectivity index (χ1v) is 10.3. The largest absolute Gasteiger partial charge is 0.376 e. The van der Waals surface area contributed by atoms with Crippen LogP contribution in [0.5, 0.6) is 0 Å². The zero-order valence-corrected chi connectivity index (χ0v) is 17.2. The molecule has 0 aromatic heterocycles. The highest BCUT2D eigenvalue weighted by Gasteiger charge is 2.24. The van der Waals surface area contributed by atoms with Crippen molar-refractivity contribution in [1.82, 2.24) is 10.2 Å². The van der Waals surface area contributed by atoms with E-state index in [2.05, 4.69) is 15.5 Å². The summed E-state index contributed by atoms with van der Waals surface area (Å²) < 4.78 is 5.63. The van der Waals surface area contributed by atoms with E-state index in [-0.39, 0.29) is 5.91 Å². The molecule has 3 N–H and O–H groups in total. The van der Waals surface area contributed by atoms with Gasteiger partial charge in [0.25, 0.3) is 5.91 Å². The maximum absolute atomic E-state index is 12.5. The zero-order chi connectivity index (χ0) is 19.2. The molecule has 1 atom stereocenters. The van der Waals surface area contributed by atoms with E-state index in [1.54, 1.807) is 0 Å². The van der Waals surface area contributed by atoms with Crippen molar-refractivity contribution in [3.63, 3.8) is 0 Å². The number of quaternary nitrogens is 1. The van der Waals surface area contributed by atoms with E-state index in [9.17, 15) is 4.79 Å². The summed E-state index contributed by atoms with van der Waals surface area (Å²) in [4.78, 5) is 16.0. The van der Waals surface area contributed by atoms with Crippen molar-refractivity contribution in [2.75, 3.05) is 51.2 Å². The monoisotopic (exact) mass is 391 g/mol. The first kappa shape index (κ1) is 20.0. The number of hydrogen-bond donors (Lipinski definition) is 3. The molecule has 27 heavy (non-hydrogen) atoms. The van der Waals surface area contributed by atoms with Gasteiger partial charge in [-0.1, -0.05) is 18.2 Å². The SMILES string of the molecule is Cc1cccc(C)c1NC(=O)C[NH+]1CCN(C(=S)NC[C@@H]2CCCO2)CC1. The summed E-state index contributed by atoms with van der Waals surface area (Å²) in [6.07, 6.45) is 2.55. The molecule has 2 heterocycles. The van der Waals surface area contributed by atoms with E-state index >= 15 is 0 Å². The fraction of sp³-hybridized carbons (Fsp3) is 0.600. The number of nitrogens with one attached hydrogen (secondary N) is 3. The molecule has 1 amide bonds. The van der Waals surface area contributed by atoms with E-state index in [4.69, 9.17) is 17.0 Å². The quantitative estimate of drug-likeness (QED) is 0.638. The molecule has 0 radical (unpaired) electrons. The number of anilines is 1.